The van der Waals surface area contributed by atoms with Crippen molar-refractivity contribution in [2.45, 2.75) is 0 Å². The fourth-order valence-corrected chi connectivity index (χ4v) is 1.61. The van der Waals surface area contributed by atoms with Crippen LogP contribution in [0.3, 0.4) is 0 Å². The number of imidazole rings is 1. The van der Waals surface area contributed by atoms with E-state index in [4.69, 9.17) is 10.5 Å². The van der Waals surface area contributed by atoms with Crippen LogP contribution >= 0.6 is 0 Å². The third-order valence-corrected chi connectivity index (χ3v) is 2.53. The molecule has 0 saturated heterocycles. The number of rotatable bonds is 5. The molecule has 0 aliphatic rings. The third-order valence-electron chi connectivity index (χ3n) is 2.53. The lowest BCUT2D eigenvalue weighted by molar-refractivity contribution is 0.101. The second-order valence-electron chi connectivity index (χ2n) is 4.01. The van der Waals surface area contributed by atoms with E-state index in [1.165, 1.54) is 6.20 Å². The molecule has 1 heterocycles. The van der Waals surface area contributed by atoms with E-state index in [9.17, 15) is 4.79 Å². The molecule has 0 fully saturated rings. The number of aromatic nitrogens is 2. The van der Waals surface area contributed by atoms with Crippen LogP contribution in [0.2, 0.25) is 0 Å². The molecule has 6 heteroatoms. The Morgan fingerprint density at radius 2 is 2.37 bits per heavy atom. The molecule has 0 radical (unpaired) electrons. The van der Waals surface area contributed by atoms with Crippen molar-refractivity contribution in [2.75, 3.05) is 18.5 Å². The lowest BCUT2D eigenvalue weighted by Gasteiger charge is -2.08. The van der Waals surface area contributed by atoms with Crippen LogP contribution in [-0.2, 0) is 7.05 Å². The molecule has 2 aromatic rings. The van der Waals surface area contributed by atoms with Crippen molar-refractivity contribution in [3.05, 3.63) is 42.5 Å². The first kappa shape index (κ1) is 13.1. The monoisotopic (exact) mass is 260 g/mol. The molecule has 0 aliphatic carbocycles. The van der Waals surface area contributed by atoms with Gasteiger partial charge in [0.05, 0.1) is 12.5 Å². The van der Waals surface area contributed by atoms with E-state index in [-0.39, 0.29) is 5.91 Å². The molecule has 0 aliphatic heterocycles. The molecule has 0 atom stereocenters. The Labute approximate surface area is 111 Å². The summed E-state index contributed by atoms with van der Waals surface area (Å²) >= 11 is 0. The largest absolute Gasteiger partial charge is 0.492 e. The zero-order chi connectivity index (χ0) is 13.7. The summed E-state index contributed by atoms with van der Waals surface area (Å²) in [5.41, 5.74) is 6.53. The van der Waals surface area contributed by atoms with E-state index < -0.39 is 0 Å². The number of nitrogens with one attached hydrogen (secondary N) is 1. The van der Waals surface area contributed by atoms with Crippen molar-refractivity contribution in [1.82, 2.24) is 9.55 Å². The number of carbonyl (C=O) groups is 1. The molecule has 100 valence electrons. The maximum absolute atomic E-state index is 12.0. The van der Waals surface area contributed by atoms with Gasteiger partial charge in [-0.1, -0.05) is 6.07 Å². The second-order valence-corrected chi connectivity index (χ2v) is 4.01. The Bertz CT molecular complexity index is 565. The molecule has 6 nitrogen and oxygen atoms in total. The number of carbonyl (C=O) groups excluding carboxylic acids is 1. The molecule has 3 N–H and O–H groups in total. The highest BCUT2D eigenvalue weighted by atomic mass is 16.5. The van der Waals surface area contributed by atoms with Crippen molar-refractivity contribution in [2.24, 2.45) is 12.8 Å². The smallest absolute Gasteiger partial charge is 0.273 e. The van der Waals surface area contributed by atoms with E-state index in [2.05, 4.69) is 10.3 Å². The van der Waals surface area contributed by atoms with Crippen molar-refractivity contribution in [3.8, 4) is 5.75 Å². The summed E-state index contributed by atoms with van der Waals surface area (Å²) in [6, 6.07) is 7.17. The first-order chi connectivity index (χ1) is 9.20. The Balaban J connectivity index is 2.07. The van der Waals surface area contributed by atoms with Gasteiger partial charge in [-0.25, -0.2) is 4.98 Å². The van der Waals surface area contributed by atoms with Gasteiger partial charge in [-0.3, -0.25) is 4.79 Å². The first-order valence-corrected chi connectivity index (χ1v) is 5.91. The number of nitrogens with zero attached hydrogens (tertiary/aromatic N) is 2. The van der Waals surface area contributed by atoms with Crippen molar-refractivity contribution < 1.29 is 9.53 Å². The standard InChI is InChI=1S/C13H16N4O2/c1-17-9-15-8-12(17)13(18)16-10-3-2-4-11(7-10)19-6-5-14/h2-4,7-9H,5-6,14H2,1H3,(H,16,18). The predicted molar refractivity (Wildman–Crippen MR) is 72.2 cm³/mol. The summed E-state index contributed by atoms with van der Waals surface area (Å²) < 4.78 is 7.05. The van der Waals surface area contributed by atoms with Gasteiger partial charge in [-0.05, 0) is 12.1 Å². The van der Waals surface area contributed by atoms with Gasteiger partial charge in [-0.15, -0.1) is 0 Å². The molecule has 0 unspecified atom stereocenters. The SMILES string of the molecule is Cn1cncc1C(=O)Nc1cccc(OCCN)c1. The van der Waals surface area contributed by atoms with Crippen LogP contribution in [0.1, 0.15) is 10.5 Å². The van der Waals surface area contributed by atoms with E-state index in [0.29, 0.717) is 30.3 Å². The van der Waals surface area contributed by atoms with E-state index in [0.717, 1.165) is 0 Å². The van der Waals surface area contributed by atoms with E-state index in [1.807, 2.05) is 12.1 Å². The van der Waals surface area contributed by atoms with E-state index >= 15 is 0 Å². The van der Waals surface area contributed by atoms with E-state index in [1.54, 1.807) is 30.1 Å². The maximum Gasteiger partial charge on any atom is 0.273 e. The van der Waals surface area contributed by atoms with Gasteiger partial charge in [0, 0.05) is 25.3 Å². The van der Waals surface area contributed by atoms with Crippen molar-refractivity contribution in [3.63, 3.8) is 0 Å². The number of anilines is 1. The van der Waals surface area contributed by atoms with Gasteiger partial charge in [-0.2, -0.15) is 0 Å². The number of hydrogen-bond donors (Lipinski definition) is 2. The lowest BCUT2D eigenvalue weighted by atomic mass is 10.3. The molecule has 1 aromatic carbocycles. The van der Waals surface area contributed by atoms with Crippen LogP contribution in [0.25, 0.3) is 0 Å². The second kappa shape index (κ2) is 6.01. The first-order valence-electron chi connectivity index (χ1n) is 5.91. The van der Waals surface area contributed by atoms with Gasteiger partial charge in [0.25, 0.3) is 5.91 Å². The summed E-state index contributed by atoms with van der Waals surface area (Å²) in [6.07, 6.45) is 3.10. The minimum atomic E-state index is -0.212. The van der Waals surface area contributed by atoms with Crippen LogP contribution in [-0.4, -0.2) is 28.6 Å². The van der Waals surface area contributed by atoms with Crippen LogP contribution in [0.5, 0.6) is 5.75 Å². The van der Waals surface area contributed by atoms with Gasteiger partial charge in [0.1, 0.15) is 18.1 Å². The molecule has 0 bridgehead atoms. The highest BCUT2D eigenvalue weighted by molar-refractivity contribution is 6.03. The summed E-state index contributed by atoms with van der Waals surface area (Å²) in [6.45, 7) is 0.894. The molecule has 1 aromatic heterocycles. The van der Waals surface area contributed by atoms with Crippen LogP contribution in [0.4, 0.5) is 5.69 Å². The summed E-state index contributed by atoms with van der Waals surface area (Å²) in [4.78, 5) is 15.9. The minimum absolute atomic E-state index is 0.212. The fraction of sp³-hybridized carbons (Fsp3) is 0.231. The zero-order valence-corrected chi connectivity index (χ0v) is 10.7. The molecule has 2 rings (SSSR count). The number of aryl methyl sites for hydroxylation is 1. The third kappa shape index (κ3) is 3.32. The number of benzene rings is 1. The average Bonchev–Trinajstić information content (AvgIpc) is 2.83. The average molecular weight is 260 g/mol. The Kier molecular flexibility index (Phi) is 4.15. The Morgan fingerprint density at radius 3 is 3.05 bits per heavy atom. The molecule has 1 amide bonds. The minimum Gasteiger partial charge on any atom is -0.492 e. The topological polar surface area (TPSA) is 82.2 Å². The van der Waals surface area contributed by atoms with Gasteiger partial charge in [0.2, 0.25) is 0 Å². The molecular weight excluding hydrogens is 244 g/mol. The zero-order valence-electron chi connectivity index (χ0n) is 10.7. The number of nitrogens with two attached hydrogens (primary N) is 1. The van der Waals surface area contributed by atoms with Crippen LogP contribution in [0.15, 0.2) is 36.8 Å². The molecule has 0 spiro atoms. The highest BCUT2D eigenvalue weighted by Crippen LogP contribution is 2.17. The molecular formula is C13H16N4O2. The van der Waals surface area contributed by atoms with Crippen molar-refractivity contribution >= 4 is 11.6 Å². The number of hydrogen-bond acceptors (Lipinski definition) is 4. The number of ether oxygens (including phenoxy) is 1. The van der Waals surface area contributed by atoms with Gasteiger partial charge >= 0.3 is 0 Å². The predicted octanol–water partition coefficient (Wildman–Crippen LogP) is 1.01. The van der Waals surface area contributed by atoms with Gasteiger partial charge < -0.3 is 20.4 Å². The molecule has 0 saturated carbocycles. The fourth-order valence-electron chi connectivity index (χ4n) is 1.61. The number of amides is 1. The highest BCUT2D eigenvalue weighted by Gasteiger charge is 2.10. The van der Waals surface area contributed by atoms with Crippen LogP contribution < -0.4 is 15.8 Å². The Morgan fingerprint density at radius 1 is 1.53 bits per heavy atom. The normalized spacial score (nSPS) is 10.2. The summed E-state index contributed by atoms with van der Waals surface area (Å²) in [5, 5.41) is 2.79. The summed E-state index contributed by atoms with van der Waals surface area (Å²) in [7, 11) is 1.77. The van der Waals surface area contributed by atoms with Crippen molar-refractivity contribution in [1.29, 1.82) is 0 Å². The lowest BCUT2D eigenvalue weighted by Crippen LogP contribution is -2.15. The summed E-state index contributed by atoms with van der Waals surface area (Å²) in [5.74, 6) is 0.462. The quantitative estimate of drug-likeness (QED) is 0.840. The Hall–Kier alpha value is -2.34. The van der Waals surface area contributed by atoms with Gasteiger partial charge in [0.15, 0.2) is 0 Å². The maximum atomic E-state index is 12.0. The van der Waals surface area contributed by atoms with Crippen LogP contribution in [0, 0.1) is 0 Å². The molecule has 19 heavy (non-hydrogen) atoms.